The van der Waals surface area contributed by atoms with E-state index in [-0.39, 0.29) is 17.8 Å². The Morgan fingerprint density at radius 2 is 1.83 bits per heavy atom. The lowest BCUT2D eigenvalue weighted by Gasteiger charge is -2.29. The van der Waals surface area contributed by atoms with Gasteiger partial charge in [-0.3, -0.25) is 4.79 Å². The maximum atomic E-state index is 12.6. The van der Waals surface area contributed by atoms with Crippen LogP contribution in [-0.2, 0) is 4.79 Å². The molecule has 154 valence electrons. The number of hydrogen-bond donors (Lipinski definition) is 0. The molecule has 0 spiro atoms. The normalized spacial score (nSPS) is 14.9. The number of likely N-dealkylation sites (N-methyl/N-ethyl adjacent to an activating group) is 1. The lowest BCUT2D eigenvalue weighted by atomic mass is 10.1. The average Bonchev–Trinajstić information content (AvgIpc) is 2.77. The molecule has 1 aliphatic rings. The van der Waals surface area contributed by atoms with E-state index in [0.717, 1.165) is 22.7 Å². The molecule has 30 heavy (non-hydrogen) atoms. The first-order valence-corrected chi connectivity index (χ1v) is 10.7. The second kappa shape index (κ2) is 9.17. The summed E-state index contributed by atoms with van der Waals surface area (Å²) in [4.78, 5) is 23.4. The molecule has 3 aromatic rings. The highest BCUT2D eigenvalue weighted by atomic mass is 32.2. The average molecular weight is 422 g/mol. The number of fused-ring (bicyclic) bond motifs is 1. The van der Waals surface area contributed by atoms with Crippen LogP contribution in [0.4, 0.5) is 0 Å². The van der Waals surface area contributed by atoms with Crippen molar-refractivity contribution in [3.05, 3.63) is 66.4 Å². The van der Waals surface area contributed by atoms with Crippen molar-refractivity contribution in [3.8, 4) is 22.8 Å². The first-order chi connectivity index (χ1) is 14.6. The van der Waals surface area contributed by atoms with Crippen molar-refractivity contribution < 1.29 is 14.3 Å². The van der Waals surface area contributed by atoms with E-state index in [9.17, 15) is 4.79 Å². The molecule has 1 aromatic heterocycles. The first-order valence-electron chi connectivity index (χ1n) is 9.75. The van der Waals surface area contributed by atoms with Crippen molar-refractivity contribution in [3.63, 3.8) is 0 Å². The number of ether oxygens (including phenoxy) is 2. The highest BCUT2D eigenvalue weighted by molar-refractivity contribution is 7.99. The largest absolute Gasteiger partial charge is 0.486 e. The number of nitrogens with zero attached hydrogens (tertiary/aromatic N) is 3. The zero-order chi connectivity index (χ0) is 20.9. The van der Waals surface area contributed by atoms with Crippen LogP contribution >= 0.6 is 11.8 Å². The molecule has 6 nitrogen and oxygen atoms in total. The van der Waals surface area contributed by atoms with E-state index < -0.39 is 0 Å². The Morgan fingerprint density at radius 1 is 1.10 bits per heavy atom. The van der Waals surface area contributed by atoms with Gasteiger partial charge in [-0.1, -0.05) is 54.2 Å². The zero-order valence-electron chi connectivity index (χ0n) is 16.9. The van der Waals surface area contributed by atoms with Crippen molar-refractivity contribution in [2.24, 2.45) is 0 Å². The molecule has 2 heterocycles. The summed E-state index contributed by atoms with van der Waals surface area (Å²) >= 11 is 1.34. The Hall–Kier alpha value is -3.06. The lowest BCUT2D eigenvalue weighted by Crippen LogP contribution is -2.42. The van der Waals surface area contributed by atoms with Gasteiger partial charge in [0, 0.05) is 18.3 Å². The summed E-state index contributed by atoms with van der Waals surface area (Å²) in [6.07, 6.45) is -0.196. The molecule has 0 aliphatic carbocycles. The predicted octanol–water partition coefficient (Wildman–Crippen LogP) is 3.84. The van der Waals surface area contributed by atoms with Crippen molar-refractivity contribution in [1.29, 1.82) is 0 Å². The molecule has 7 heteroatoms. The minimum Gasteiger partial charge on any atom is -0.486 e. The summed E-state index contributed by atoms with van der Waals surface area (Å²) in [7, 11) is 1.78. The summed E-state index contributed by atoms with van der Waals surface area (Å²) < 4.78 is 11.7. The maximum Gasteiger partial charge on any atom is 0.232 e. The van der Waals surface area contributed by atoms with Crippen molar-refractivity contribution >= 4 is 17.7 Å². The molecule has 4 rings (SSSR count). The van der Waals surface area contributed by atoms with Gasteiger partial charge < -0.3 is 14.4 Å². The van der Waals surface area contributed by atoms with Crippen LogP contribution in [0.5, 0.6) is 11.5 Å². The van der Waals surface area contributed by atoms with Crippen molar-refractivity contribution in [2.75, 3.05) is 26.0 Å². The number of carbonyl (C=O) groups is 1. The molecule has 0 N–H and O–H groups in total. The van der Waals surface area contributed by atoms with Gasteiger partial charge in [0.05, 0.1) is 18.0 Å². The molecule has 1 atom stereocenters. The van der Waals surface area contributed by atoms with Crippen LogP contribution in [0.15, 0.2) is 65.8 Å². The van der Waals surface area contributed by atoms with Gasteiger partial charge in [-0.15, -0.1) is 0 Å². The highest BCUT2D eigenvalue weighted by Crippen LogP contribution is 2.31. The van der Waals surface area contributed by atoms with Crippen LogP contribution < -0.4 is 9.47 Å². The van der Waals surface area contributed by atoms with E-state index in [1.165, 1.54) is 11.8 Å². The van der Waals surface area contributed by atoms with E-state index in [1.54, 1.807) is 11.9 Å². The molecule has 0 fully saturated rings. The van der Waals surface area contributed by atoms with Crippen LogP contribution in [0, 0.1) is 6.92 Å². The molecular weight excluding hydrogens is 398 g/mol. The number of benzene rings is 2. The summed E-state index contributed by atoms with van der Waals surface area (Å²) in [6.45, 7) is 2.81. The molecule has 1 amide bonds. The van der Waals surface area contributed by atoms with Crippen LogP contribution in [0.1, 0.15) is 5.69 Å². The number of hydrogen-bond acceptors (Lipinski definition) is 6. The number of aryl methyl sites for hydroxylation is 1. The van der Waals surface area contributed by atoms with Gasteiger partial charge >= 0.3 is 0 Å². The topological polar surface area (TPSA) is 64.6 Å². The zero-order valence-corrected chi connectivity index (χ0v) is 17.8. The molecule has 1 aliphatic heterocycles. The molecule has 0 bridgehead atoms. The summed E-state index contributed by atoms with van der Waals surface area (Å²) in [5.41, 5.74) is 2.76. The third-order valence-corrected chi connectivity index (χ3v) is 5.53. The van der Waals surface area contributed by atoms with Gasteiger partial charge in [0.1, 0.15) is 6.61 Å². The number of aromatic nitrogens is 2. The van der Waals surface area contributed by atoms with E-state index in [2.05, 4.69) is 9.97 Å². The highest BCUT2D eigenvalue weighted by Gasteiger charge is 2.23. The molecule has 0 saturated carbocycles. The third kappa shape index (κ3) is 4.91. The van der Waals surface area contributed by atoms with Crippen LogP contribution in [0.25, 0.3) is 11.3 Å². The molecular formula is C23H23N3O3S. The number of amides is 1. The van der Waals surface area contributed by atoms with E-state index in [0.29, 0.717) is 24.1 Å². The molecule has 0 unspecified atom stereocenters. The monoisotopic (exact) mass is 421 g/mol. The lowest BCUT2D eigenvalue weighted by molar-refractivity contribution is -0.128. The Labute approximate surface area is 180 Å². The Bertz CT molecular complexity index is 1030. The van der Waals surface area contributed by atoms with E-state index in [1.807, 2.05) is 67.6 Å². The van der Waals surface area contributed by atoms with Gasteiger partial charge in [0.2, 0.25) is 5.91 Å². The van der Waals surface area contributed by atoms with Crippen molar-refractivity contribution in [2.45, 2.75) is 18.2 Å². The van der Waals surface area contributed by atoms with Gasteiger partial charge in [0.15, 0.2) is 22.8 Å². The fourth-order valence-electron chi connectivity index (χ4n) is 3.16. The standard InChI is InChI=1S/C23H23N3O3S/c1-16-12-19(17-8-4-3-5-9-17)25-23(24-16)30-15-22(27)26(2)13-18-14-28-20-10-6-7-11-21(20)29-18/h3-12,18H,13-15H2,1-2H3/t18-/m0/s1. The minimum atomic E-state index is -0.196. The van der Waals surface area contributed by atoms with Crippen LogP contribution in [0.3, 0.4) is 0 Å². The summed E-state index contributed by atoms with van der Waals surface area (Å²) in [5, 5.41) is 0.599. The van der Waals surface area contributed by atoms with Crippen LogP contribution in [0.2, 0.25) is 0 Å². The van der Waals surface area contributed by atoms with Gasteiger partial charge in [-0.05, 0) is 25.1 Å². The summed E-state index contributed by atoms with van der Waals surface area (Å²) in [6, 6.07) is 19.5. The second-order valence-electron chi connectivity index (χ2n) is 7.10. The first kappa shape index (κ1) is 20.2. The van der Waals surface area contributed by atoms with Gasteiger partial charge in [-0.2, -0.15) is 0 Å². The number of para-hydroxylation sites is 2. The Kier molecular flexibility index (Phi) is 6.18. The van der Waals surface area contributed by atoms with Gasteiger partial charge in [-0.25, -0.2) is 9.97 Å². The van der Waals surface area contributed by atoms with Crippen LogP contribution in [-0.4, -0.2) is 52.8 Å². The Balaban J connectivity index is 1.34. The maximum absolute atomic E-state index is 12.6. The number of thioether (sulfide) groups is 1. The fourth-order valence-corrected chi connectivity index (χ4v) is 4.00. The van der Waals surface area contributed by atoms with E-state index >= 15 is 0 Å². The fraction of sp³-hybridized carbons (Fsp3) is 0.261. The third-order valence-electron chi connectivity index (χ3n) is 4.70. The van der Waals surface area contributed by atoms with Gasteiger partial charge in [0.25, 0.3) is 0 Å². The second-order valence-corrected chi connectivity index (χ2v) is 8.05. The smallest absolute Gasteiger partial charge is 0.232 e. The molecule has 2 aromatic carbocycles. The predicted molar refractivity (Wildman–Crippen MR) is 117 cm³/mol. The quantitative estimate of drug-likeness (QED) is 0.445. The van der Waals surface area contributed by atoms with Crippen molar-refractivity contribution in [1.82, 2.24) is 14.9 Å². The van der Waals surface area contributed by atoms with E-state index in [4.69, 9.17) is 9.47 Å². The molecule has 0 saturated heterocycles. The minimum absolute atomic E-state index is 0.00572. The summed E-state index contributed by atoms with van der Waals surface area (Å²) in [5.74, 6) is 1.71. The number of carbonyl (C=O) groups excluding carboxylic acids is 1. The molecule has 0 radical (unpaired) electrons. The SMILES string of the molecule is Cc1cc(-c2ccccc2)nc(SCC(=O)N(C)C[C@H]2COc3ccccc3O2)n1. The number of rotatable bonds is 6. The Morgan fingerprint density at radius 3 is 2.63 bits per heavy atom.